The Kier molecular flexibility index (Phi) is 3.73. The number of rotatable bonds is 1. The first-order valence-electron chi connectivity index (χ1n) is 7.10. The molecular formula is C15H16BrFN2O2. The van der Waals surface area contributed by atoms with Crippen molar-refractivity contribution in [3.8, 4) is 0 Å². The molecule has 1 aliphatic carbocycles. The number of nitrogens with one attached hydrogen (secondary N) is 1. The zero-order valence-corrected chi connectivity index (χ0v) is 13.1. The molecular weight excluding hydrogens is 339 g/mol. The third-order valence-electron chi connectivity index (χ3n) is 4.25. The Morgan fingerprint density at radius 2 is 1.95 bits per heavy atom. The normalized spacial score (nSPS) is 21.5. The Hall–Kier alpha value is -1.43. The molecule has 1 aliphatic heterocycles. The van der Waals surface area contributed by atoms with E-state index in [0.717, 1.165) is 12.8 Å². The lowest BCUT2D eigenvalue weighted by atomic mass is 9.95. The standard InChI is InChI=1S/C15H16BrFN2O2/c16-10-3-4-12(11(17)9-10)19-8-5-13(20)18-15(14(19)21)6-1-2-7-15/h3-4,9H,1-2,5-8H2,(H,18,20). The molecule has 1 spiro atoms. The van der Waals surface area contributed by atoms with Gasteiger partial charge in [0.05, 0.1) is 5.69 Å². The van der Waals surface area contributed by atoms with Gasteiger partial charge in [0.25, 0.3) is 5.91 Å². The van der Waals surface area contributed by atoms with E-state index in [1.165, 1.54) is 11.0 Å². The maximum atomic E-state index is 14.2. The molecule has 3 rings (SSSR count). The summed E-state index contributed by atoms with van der Waals surface area (Å²) in [6.07, 6.45) is 3.27. The van der Waals surface area contributed by atoms with Crippen LogP contribution in [0.1, 0.15) is 32.1 Å². The average Bonchev–Trinajstić information content (AvgIpc) is 2.85. The molecule has 2 aliphatic rings. The maximum Gasteiger partial charge on any atom is 0.252 e. The third kappa shape index (κ3) is 2.57. The highest BCUT2D eigenvalue weighted by Crippen LogP contribution is 2.35. The topological polar surface area (TPSA) is 49.4 Å². The van der Waals surface area contributed by atoms with E-state index in [9.17, 15) is 14.0 Å². The molecule has 2 amide bonds. The van der Waals surface area contributed by atoms with Gasteiger partial charge in [-0.15, -0.1) is 0 Å². The van der Waals surface area contributed by atoms with Crippen LogP contribution in [0.3, 0.4) is 0 Å². The van der Waals surface area contributed by atoms with Crippen LogP contribution in [-0.4, -0.2) is 23.9 Å². The van der Waals surface area contributed by atoms with Gasteiger partial charge in [0, 0.05) is 17.4 Å². The number of hydrogen-bond donors (Lipinski definition) is 1. The van der Waals surface area contributed by atoms with E-state index in [-0.39, 0.29) is 30.5 Å². The number of halogens is 2. The van der Waals surface area contributed by atoms with Gasteiger partial charge in [0.1, 0.15) is 11.4 Å². The monoisotopic (exact) mass is 354 g/mol. The molecule has 2 fully saturated rings. The van der Waals surface area contributed by atoms with Gasteiger partial charge in [-0.3, -0.25) is 9.59 Å². The molecule has 0 bridgehead atoms. The van der Waals surface area contributed by atoms with Crippen LogP contribution in [0.4, 0.5) is 10.1 Å². The molecule has 1 aromatic carbocycles. The van der Waals surface area contributed by atoms with Crippen molar-refractivity contribution in [1.82, 2.24) is 5.32 Å². The van der Waals surface area contributed by atoms with E-state index in [2.05, 4.69) is 21.2 Å². The minimum Gasteiger partial charge on any atom is -0.342 e. The lowest BCUT2D eigenvalue weighted by molar-refractivity contribution is -0.129. The van der Waals surface area contributed by atoms with Crippen molar-refractivity contribution >= 4 is 33.4 Å². The first-order valence-corrected chi connectivity index (χ1v) is 7.89. The lowest BCUT2D eigenvalue weighted by Crippen LogP contribution is -2.55. The van der Waals surface area contributed by atoms with Crippen LogP contribution in [0.5, 0.6) is 0 Å². The second-order valence-electron chi connectivity index (χ2n) is 5.64. The highest BCUT2D eigenvalue weighted by Gasteiger charge is 2.47. The summed E-state index contributed by atoms with van der Waals surface area (Å²) >= 11 is 3.21. The van der Waals surface area contributed by atoms with Gasteiger partial charge in [0.2, 0.25) is 5.91 Å². The van der Waals surface area contributed by atoms with Gasteiger partial charge in [-0.1, -0.05) is 28.8 Å². The molecule has 0 radical (unpaired) electrons. The SMILES string of the molecule is O=C1CCN(c2ccc(Br)cc2F)C(=O)C2(CCCC2)N1. The predicted molar refractivity (Wildman–Crippen MR) is 80.4 cm³/mol. The Balaban J connectivity index is 2.00. The molecule has 1 aromatic rings. The second-order valence-corrected chi connectivity index (χ2v) is 6.56. The summed E-state index contributed by atoms with van der Waals surface area (Å²) in [4.78, 5) is 26.2. The highest BCUT2D eigenvalue weighted by molar-refractivity contribution is 9.10. The summed E-state index contributed by atoms with van der Waals surface area (Å²) in [5.74, 6) is -0.780. The zero-order valence-electron chi connectivity index (χ0n) is 11.5. The van der Waals surface area contributed by atoms with Crippen LogP contribution in [0.2, 0.25) is 0 Å². The largest absolute Gasteiger partial charge is 0.342 e. The zero-order chi connectivity index (χ0) is 15.0. The number of amides is 2. The first-order chi connectivity index (χ1) is 10.0. The molecule has 0 atom stereocenters. The molecule has 1 heterocycles. The fourth-order valence-corrected chi connectivity index (χ4v) is 3.54. The summed E-state index contributed by atoms with van der Waals surface area (Å²) < 4.78 is 14.8. The third-order valence-corrected chi connectivity index (χ3v) is 4.75. The molecule has 21 heavy (non-hydrogen) atoms. The van der Waals surface area contributed by atoms with Gasteiger partial charge >= 0.3 is 0 Å². The van der Waals surface area contributed by atoms with E-state index in [4.69, 9.17) is 0 Å². The molecule has 112 valence electrons. The van der Waals surface area contributed by atoms with Gasteiger partial charge in [0.15, 0.2) is 0 Å². The molecule has 1 saturated heterocycles. The predicted octanol–water partition coefficient (Wildman–Crippen LogP) is 2.75. The number of carbonyl (C=O) groups excluding carboxylic acids is 2. The molecule has 4 nitrogen and oxygen atoms in total. The van der Waals surface area contributed by atoms with Crippen LogP contribution in [0.15, 0.2) is 22.7 Å². The van der Waals surface area contributed by atoms with E-state index < -0.39 is 11.4 Å². The van der Waals surface area contributed by atoms with E-state index in [1.807, 2.05) is 0 Å². The summed E-state index contributed by atoms with van der Waals surface area (Å²) in [6.45, 7) is 0.213. The van der Waals surface area contributed by atoms with Crippen LogP contribution in [-0.2, 0) is 9.59 Å². The number of hydrogen-bond acceptors (Lipinski definition) is 2. The highest BCUT2D eigenvalue weighted by atomic mass is 79.9. The fraction of sp³-hybridized carbons (Fsp3) is 0.467. The number of carbonyl (C=O) groups is 2. The average molecular weight is 355 g/mol. The van der Waals surface area contributed by atoms with Crippen molar-refractivity contribution in [1.29, 1.82) is 0 Å². The van der Waals surface area contributed by atoms with E-state index in [0.29, 0.717) is 17.3 Å². The Bertz CT molecular complexity index is 599. The van der Waals surface area contributed by atoms with Crippen molar-refractivity contribution in [3.63, 3.8) is 0 Å². The van der Waals surface area contributed by atoms with Crippen molar-refractivity contribution in [3.05, 3.63) is 28.5 Å². The molecule has 1 saturated carbocycles. The molecule has 1 N–H and O–H groups in total. The van der Waals surface area contributed by atoms with E-state index >= 15 is 0 Å². The van der Waals surface area contributed by atoms with Crippen molar-refractivity contribution in [2.75, 3.05) is 11.4 Å². The maximum absolute atomic E-state index is 14.2. The van der Waals surface area contributed by atoms with Crippen LogP contribution >= 0.6 is 15.9 Å². The van der Waals surface area contributed by atoms with Crippen LogP contribution in [0, 0.1) is 5.82 Å². The minimum atomic E-state index is -0.840. The van der Waals surface area contributed by atoms with E-state index in [1.54, 1.807) is 12.1 Å². The van der Waals surface area contributed by atoms with Crippen LogP contribution < -0.4 is 10.2 Å². The first kappa shape index (κ1) is 14.5. The van der Waals surface area contributed by atoms with Crippen molar-refractivity contribution in [2.45, 2.75) is 37.6 Å². The Morgan fingerprint density at radius 3 is 2.62 bits per heavy atom. The number of anilines is 1. The Morgan fingerprint density at radius 1 is 1.24 bits per heavy atom. The lowest BCUT2D eigenvalue weighted by Gasteiger charge is -2.31. The second kappa shape index (κ2) is 5.40. The van der Waals surface area contributed by atoms with Crippen molar-refractivity contribution < 1.29 is 14.0 Å². The number of nitrogens with zero attached hydrogens (tertiary/aromatic N) is 1. The quantitative estimate of drug-likeness (QED) is 0.842. The van der Waals surface area contributed by atoms with Gasteiger partial charge in [-0.05, 0) is 31.0 Å². The van der Waals surface area contributed by atoms with Gasteiger partial charge < -0.3 is 10.2 Å². The summed E-state index contributed by atoms with van der Waals surface area (Å²) in [5, 5.41) is 2.87. The number of benzene rings is 1. The Labute approximate surface area is 130 Å². The molecule has 0 aromatic heterocycles. The van der Waals surface area contributed by atoms with Crippen LogP contribution in [0.25, 0.3) is 0 Å². The summed E-state index contributed by atoms with van der Waals surface area (Å²) in [7, 11) is 0. The minimum absolute atomic E-state index is 0.134. The fourth-order valence-electron chi connectivity index (χ4n) is 3.20. The van der Waals surface area contributed by atoms with Gasteiger partial charge in [-0.2, -0.15) is 0 Å². The summed E-state index contributed by atoms with van der Waals surface area (Å²) in [5.41, 5.74) is -0.599. The van der Waals surface area contributed by atoms with Crippen molar-refractivity contribution in [2.24, 2.45) is 0 Å². The van der Waals surface area contributed by atoms with Gasteiger partial charge in [-0.25, -0.2) is 4.39 Å². The molecule has 6 heteroatoms. The smallest absolute Gasteiger partial charge is 0.252 e. The molecule has 0 unspecified atom stereocenters. The summed E-state index contributed by atoms with van der Waals surface area (Å²) in [6, 6.07) is 4.62.